The Labute approximate surface area is 236 Å². The van der Waals surface area contributed by atoms with E-state index in [1.807, 2.05) is 17.7 Å². The molecule has 2 heterocycles. The third kappa shape index (κ3) is 4.39. The summed E-state index contributed by atoms with van der Waals surface area (Å²) in [6.45, 7) is 13.5. The van der Waals surface area contributed by atoms with E-state index in [4.69, 9.17) is 4.74 Å². The number of Topliss-reactive ketones (excluding diaryl/α,β-unsaturated/α-hetero) is 1. The average molecular weight is 550 g/mol. The van der Waals surface area contributed by atoms with Crippen LogP contribution in [0.15, 0.2) is 54.5 Å². The first kappa shape index (κ1) is 28.5. The lowest BCUT2D eigenvalue weighted by Gasteiger charge is -2.61. The number of aromatic nitrogens is 3. The Balaban J connectivity index is 1.48. The zero-order valence-corrected chi connectivity index (χ0v) is 24.2. The van der Waals surface area contributed by atoms with Crippen molar-refractivity contribution in [2.75, 3.05) is 0 Å². The molecule has 1 N–H and O–H groups in total. The van der Waals surface area contributed by atoms with Gasteiger partial charge in [-0.25, -0.2) is 9.78 Å². The fraction of sp³-hybridized carbons (Fsp3) is 0.625. The van der Waals surface area contributed by atoms with Crippen LogP contribution in [-0.2, 0) is 22.6 Å². The molecular weight excluding hydrogens is 506 g/mol. The lowest BCUT2D eigenvalue weighted by molar-refractivity contribution is -0.192. The monoisotopic (exact) mass is 549 g/mol. The summed E-state index contributed by atoms with van der Waals surface area (Å²) in [5, 5.41) is 11.7. The maximum Gasteiger partial charge on any atom is 0.344 e. The largest absolute Gasteiger partial charge is 0.458 e. The smallest absolute Gasteiger partial charge is 0.344 e. The van der Waals surface area contributed by atoms with Crippen molar-refractivity contribution in [1.29, 1.82) is 0 Å². The fourth-order valence-electron chi connectivity index (χ4n) is 8.41. The molecule has 0 aromatic carbocycles. The number of ether oxygens (including phenoxy) is 1. The predicted octanol–water partition coefficient (Wildman–Crippen LogP) is 4.66. The number of esters is 1. The molecule has 0 amide bonds. The van der Waals surface area contributed by atoms with Gasteiger partial charge in [0.15, 0.2) is 0 Å². The van der Waals surface area contributed by atoms with Gasteiger partial charge in [0.1, 0.15) is 17.5 Å². The highest BCUT2D eigenvalue weighted by atomic mass is 16.5. The van der Waals surface area contributed by atoms with Crippen LogP contribution in [0.1, 0.15) is 76.6 Å². The number of pyridine rings is 1. The van der Waals surface area contributed by atoms with Crippen LogP contribution in [0.4, 0.5) is 0 Å². The Bertz CT molecular complexity index is 1330. The van der Waals surface area contributed by atoms with Crippen molar-refractivity contribution < 1.29 is 19.4 Å². The van der Waals surface area contributed by atoms with Crippen molar-refractivity contribution in [1.82, 2.24) is 14.1 Å². The average Bonchev–Trinajstić information content (AvgIpc) is 3.58. The van der Waals surface area contributed by atoms with Crippen molar-refractivity contribution in [2.45, 2.75) is 91.5 Å². The minimum atomic E-state index is -0.734. The fourth-order valence-corrected chi connectivity index (χ4v) is 8.41. The molecule has 5 rings (SSSR count). The third-order valence-corrected chi connectivity index (χ3v) is 11.2. The van der Waals surface area contributed by atoms with Gasteiger partial charge in [-0.2, -0.15) is 0 Å². The van der Waals surface area contributed by atoms with Gasteiger partial charge in [0.25, 0.3) is 5.56 Å². The SMILES string of the molecule is C=C[C@]1(C)C[C@@H](OC(=O)c2cccn(CCCn3ccnc3)c2=O)[C@@]2(C)C3C(=O)CCC3(CC[C@H]2C)[C@@H](C)[C@@H]1O. The molecule has 3 aliphatic rings. The van der Waals surface area contributed by atoms with E-state index >= 15 is 0 Å². The van der Waals surface area contributed by atoms with Crippen molar-refractivity contribution in [3.63, 3.8) is 0 Å². The van der Waals surface area contributed by atoms with Crippen molar-refractivity contribution in [3.8, 4) is 0 Å². The Morgan fingerprint density at radius 3 is 2.70 bits per heavy atom. The topological polar surface area (TPSA) is 103 Å². The highest BCUT2D eigenvalue weighted by Crippen LogP contribution is 2.68. The first-order valence-corrected chi connectivity index (χ1v) is 14.7. The number of carbonyl (C=O) groups is 2. The Hall–Kier alpha value is -3.00. The second-order valence-corrected chi connectivity index (χ2v) is 13.1. The summed E-state index contributed by atoms with van der Waals surface area (Å²) in [5.41, 5.74) is -2.10. The standard InChI is InChI=1S/C32H43N3O5/c1-6-30(4)19-25(31(5)21(2)10-12-32(22(3)27(30)37)13-11-24(36)26(31)32)40-29(39)23-9-7-16-35(28(23)38)17-8-15-34-18-14-33-20-34/h6-7,9,14,16,18,20-22,25-27,37H,1,8,10-13,15,17,19H2,2-5H3/t21-,22+,25-,26?,27+,30-,31+,32?/m1/s1. The van der Waals surface area contributed by atoms with Crippen LogP contribution in [0.25, 0.3) is 0 Å². The molecule has 0 saturated heterocycles. The second kappa shape index (κ2) is 10.4. The molecule has 3 fully saturated rings. The number of rotatable bonds is 7. The van der Waals surface area contributed by atoms with Gasteiger partial charge in [-0.1, -0.05) is 33.8 Å². The lowest BCUT2D eigenvalue weighted by atomic mass is 9.44. The summed E-state index contributed by atoms with van der Waals surface area (Å²) >= 11 is 0. The normalized spacial score (nSPS) is 37.3. The summed E-state index contributed by atoms with van der Waals surface area (Å²) in [6, 6.07) is 3.21. The molecule has 2 aromatic rings. The molecule has 2 unspecified atom stereocenters. The van der Waals surface area contributed by atoms with Crippen LogP contribution in [0.3, 0.4) is 0 Å². The molecule has 0 spiro atoms. The maximum atomic E-state index is 13.8. The van der Waals surface area contributed by atoms with Crippen LogP contribution >= 0.6 is 0 Å². The van der Waals surface area contributed by atoms with Gasteiger partial charge in [0.05, 0.1) is 12.4 Å². The number of hydrogen-bond donors (Lipinski definition) is 1. The number of aliphatic hydroxyl groups is 1. The number of nitrogens with zero attached hydrogens (tertiary/aromatic N) is 3. The number of imidazole rings is 1. The molecule has 0 aliphatic heterocycles. The number of ketones is 1. The summed E-state index contributed by atoms with van der Waals surface area (Å²) in [5.74, 6) is -0.757. The van der Waals surface area contributed by atoms with Gasteiger partial charge >= 0.3 is 5.97 Å². The number of aliphatic hydroxyl groups excluding tert-OH is 1. The Morgan fingerprint density at radius 2 is 2.00 bits per heavy atom. The van der Waals surface area contributed by atoms with Gasteiger partial charge in [0, 0.05) is 54.8 Å². The molecule has 2 bridgehead atoms. The first-order chi connectivity index (χ1) is 19.0. The molecule has 216 valence electrons. The highest BCUT2D eigenvalue weighted by molar-refractivity contribution is 5.89. The van der Waals surface area contributed by atoms with E-state index in [0.717, 1.165) is 19.3 Å². The highest BCUT2D eigenvalue weighted by Gasteiger charge is 2.68. The van der Waals surface area contributed by atoms with E-state index in [1.54, 1.807) is 35.4 Å². The lowest BCUT2D eigenvalue weighted by Crippen LogP contribution is -2.63. The van der Waals surface area contributed by atoms with Gasteiger partial charge in [-0.3, -0.25) is 9.59 Å². The predicted molar refractivity (Wildman–Crippen MR) is 152 cm³/mol. The molecule has 8 nitrogen and oxygen atoms in total. The van der Waals surface area contributed by atoms with Crippen LogP contribution in [0, 0.1) is 34.0 Å². The Kier molecular flexibility index (Phi) is 7.44. The van der Waals surface area contributed by atoms with E-state index in [-0.39, 0.29) is 34.5 Å². The zero-order valence-electron chi connectivity index (χ0n) is 24.2. The van der Waals surface area contributed by atoms with Crippen LogP contribution < -0.4 is 5.56 Å². The summed E-state index contributed by atoms with van der Waals surface area (Å²) in [6.07, 6.45) is 11.4. The Morgan fingerprint density at radius 1 is 1.23 bits per heavy atom. The van der Waals surface area contributed by atoms with Gasteiger partial charge < -0.3 is 19.0 Å². The second-order valence-electron chi connectivity index (χ2n) is 13.1. The van der Waals surface area contributed by atoms with E-state index in [9.17, 15) is 19.5 Å². The zero-order chi connectivity index (χ0) is 28.9. The molecule has 8 heteroatoms. The quantitative estimate of drug-likeness (QED) is 0.398. The van der Waals surface area contributed by atoms with Crippen molar-refractivity contribution in [2.24, 2.45) is 34.0 Å². The minimum Gasteiger partial charge on any atom is -0.458 e. The minimum absolute atomic E-state index is 0.0162. The molecule has 0 radical (unpaired) electrons. The molecular formula is C32H43N3O5. The van der Waals surface area contributed by atoms with E-state index in [0.29, 0.717) is 32.4 Å². The number of hydrogen-bond acceptors (Lipinski definition) is 6. The number of aryl methyl sites for hydroxylation is 2. The van der Waals surface area contributed by atoms with E-state index in [2.05, 4.69) is 32.3 Å². The van der Waals surface area contributed by atoms with Crippen LogP contribution in [0.5, 0.6) is 0 Å². The molecule has 3 aliphatic carbocycles. The molecule has 3 saturated carbocycles. The van der Waals surface area contributed by atoms with Crippen molar-refractivity contribution >= 4 is 11.8 Å². The van der Waals surface area contributed by atoms with E-state index in [1.165, 1.54) is 6.07 Å². The van der Waals surface area contributed by atoms with Gasteiger partial charge in [-0.15, -0.1) is 6.58 Å². The molecule has 40 heavy (non-hydrogen) atoms. The van der Waals surface area contributed by atoms with Crippen LogP contribution in [0.2, 0.25) is 0 Å². The molecule has 2 aromatic heterocycles. The summed E-state index contributed by atoms with van der Waals surface area (Å²) in [7, 11) is 0. The summed E-state index contributed by atoms with van der Waals surface area (Å²) in [4.78, 5) is 44.8. The third-order valence-electron chi connectivity index (χ3n) is 11.2. The van der Waals surface area contributed by atoms with E-state index < -0.39 is 34.6 Å². The first-order valence-electron chi connectivity index (χ1n) is 14.7. The number of carbonyl (C=O) groups excluding carboxylic acids is 2. The summed E-state index contributed by atoms with van der Waals surface area (Å²) < 4.78 is 9.82. The van der Waals surface area contributed by atoms with Crippen LogP contribution in [-0.4, -0.2) is 43.2 Å². The van der Waals surface area contributed by atoms with Crippen molar-refractivity contribution in [3.05, 3.63) is 65.6 Å². The van der Waals surface area contributed by atoms with Gasteiger partial charge in [-0.05, 0) is 61.5 Å². The molecule has 8 atom stereocenters. The maximum absolute atomic E-state index is 13.8. The van der Waals surface area contributed by atoms with Gasteiger partial charge in [0.2, 0.25) is 0 Å².